The van der Waals surface area contributed by atoms with E-state index in [2.05, 4.69) is 5.32 Å². The molecule has 0 spiro atoms. The Labute approximate surface area is 248 Å². The molecule has 0 saturated carbocycles. The number of nitrogens with zero attached hydrogens (tertiary/aromatic N) is 2. The predicted molar refractivity (Wildman–Crippen MR) is 163 cm³/mol. The minimum Gasteiger partial charge on any atom is -0.497 e. The Morgan fingerprint density at radius 3 is 2.24 bits per heavy atom. The van der Waals surface area contributed by atoms with Gasteiger partial charge in [0.15, 0.2) is 0 Å². The number of hydrogen-bond donors (Lipinski definition) is 1. The van der Waals surface area contributed by atoms with Crippen molar-refractivity contribution < 1.29 is 22.7 Å². The number of amides is 2. The van der Waals surface area contributed by atoms with E-state index in [1.165, 1.54) is 30.2 Å². The zero-order chi connectivity index (χ0) is 30.0. The molecule has 0 aliphatic heterocycles. The van der Waals surface area contributed by atoms with Gasteiger partial charge in [0.2, 0.25) is 11.8 Å². The van der Waals surface area contributed by atoms with Gasteiger partial charge in [0, 0.05) is 18.1 Å². The average molecular weight is 600 g/mol. The second-order valence-corrected chi connectivity index (χ2v) is 12.4. The Morgan fingerprint density at radius 2 is 1.66 bits per heavy atom. The van der Waals surface area contributed by atoms with Crippen LogP contribution in [0.1, 0.15) is 32.8 Å². The molecule has 8 nitrogen and oxygen atoms in total. The summed E-state index contributed by atoms with van der Waals surface area (Å²) < 4.78 is 34.1. The first kappa shape index (κ1) is 32.0. The normalized spacial score (nSPS) is 12.0. The maximum Gasteiger partial charge on any atom is 0.264 e. The molecule has 0 heterocycles. The van der Waals surface area contributed by atoms with Gasteiger partial charge < -0.3 is 15.0 Å². The third-order valence-corrected chi connectivity index (χ3v) is 8.60. The Hall–Kier alpha value is -3.56. The van der Waals surface area contributed by atoms with E-state index in [0.29, 0.717) is 30.2 Å². The van der Waals surface area contributed by atoms with Crippen molar-refractivity contribution in [2.45, 2.75) is 44.6 Å². The number of anilines is 1. The van der Waals surface area contributed by atoms with Crippen LogP contribution in [0.2, 0.25) is 5.02 Å². The quantitative estimate of drug-likeness (QED) is 0.276. The van der Waals surface area contributed by atoms with Crippen LogP contribution in [0.15, 0.2) is 83.8 Å². The molecule has 0 aliphatic rings. The van der Waals surface area contributed by atoms with E-state index < -0.39 is 28.5 Å². The molecule has 0 saturated heterocycles. The molecule has 2 amide bonds. The van der Waals surface area contributed by atoms with Gasteiger partial charge >= 0.3 is 0 Å². The van der Waals surface area contributed by atoms with Crippen molar-refractivity contribution in [3.8, 4) is 5.75 Å². The number of carbonyl (C=O) groups excluding carboxylic acids is 2. The van der Waals surface area contributed by atoms with E-state index in [-0.39, 0.29) is 29.0 Å². The third-order valence-electron chi connectivity index (χ3n) is 6.58. The summed E-state index contributed by atoms with van der Waals surface area (Å²) in [4.78, 5) is 28.8. The fraction of sp³-hybridized carbons (Fsp3) is 0.355. The largest absolute Gasteiger partial charge is 0.497 e. The van der Waals surface area contributed by atoms with E-state index in [0.717, 1.165) is 9.87 Å². The topological polar surface area (TPSA) is 96.0 Å². The lowest BCUT2D eigenvalue weighted by molar-refractivity contribution is -0.139. The zero-order valence-electron chi connectivity index (χ0n) is 23.9. The molecular formula is C31H38ClN3O5S. The smallest absolute Gasteiger partial charge is 0.264 e. The highest BCUT2D eigenvalue weighted by Crippen LogP contribution is 2.27. The van der Waals surface area contributed by atoms with E-state index >= 15 is 0 Å². The van der Waals surface area contributed by atoms with E-state index in [4.69, 9.17) is 16.3 Å². The van der Waals surface area contributed by atoms with Crippen LogP contribution in [0.5, 0.6) is 5.75 Å². The summed E-state index contributed by atoms with van der Waals surface area (Å²) in [5.74, 6) is -0.0306. The average Bonchev–Trinajstić information content (AvgIpc) is 2.97. The number of sulfonamides is 1. The Balaban J connectivity index is 2.00. The van der Waals surface area contributed by atoms with E-state index in [1.54, 1.807) is 30.3 Å². The van der Waals surface area contributed by atoms with Gasteiger partial charge in [0.25, 0.3) is 10.0 Å². The molecule has 3 aromatic carbocycles. The number of hydrogen-bond acceptors (Lipinski definition) is 5. The third kappa shape index (κ3) is 8.71. The number of carbonyl (C=O) groups is 2. The van der Waals surface area contributed by atoms with Crippen molar-refractivity contribution in [2.75, 3.05) is 31.0 Å². The van der Waals surface area contributed by atoms with Gasteiger partial charge in [-0.15, -0.1) is 0 Å². The summed E-state index contributed by atoms with van der Waals surface area (Å²) in [6.45, 7) is 6.01. The maximum atomic E-state index is 14.0. The molecule has 220 valence electrons. The highest BCUT2D eigenvalue weighted by Gasteiger charge is 2.33. The number of halogens is 1. The summed E-state index contributed by atoms with van der Waals surface area (Å²) in [6.07, 6.45) is 0.871. The van der Waals surface area contributed by atoms with Crippen LogP contribution in [0, 0.1) is 5.92 Å². The summed E-state index contributed by atoms with van der Waals surface area (Å²) in [5.41, 5.74) is 1.24. The first-order chi connectivity index (χ1) is 19.6. The molecule has 0 fully saturated rings. The Kier molecular flexibility index (Phi) is 11.6. The molecule has 10 heteroatoms. The molecule has 3 rings (SSSR count). The molecule has 1 N–H and O–H groups in total. The minimum atomic E-state index is -4.19. The summed E-state index contributed by atoms with van der Waals surface area (Å²) >= 11 is 6.23. The van der Waals surface area contributed by atoms with E-state index in [1.807, 2.05) is 51.1 Å². The predicted octanol–water partition coefficient (Wildman–Crippen LogP) is 5.17. The SMILES string of the molecule is CCC(C(=O)NCC(C)C)N(CCc1ccccc1)C(=O)CN(c1cccc(Cl)c1)S(=O)(=O)c1ccc(OC)cc1. The first-order valence-corrected chi connectivity index (χ1v) is 15.4. The van der Waals surface area contributed by atoms with Gasteiger partial charge in [-0.3, -0.25) is 13.9 Å². The summed E-state index contributed by atoms with van der Waals surface area (Å²) in [6, 6.07) is 21.2. The van der Waals surface area contributed by atoms with Crippen LogP contribution in [0.4, 0.5) is 5.69 Å². The number of nitrogens with one attached hydrogen (secondary N) is 1. The monoisotopic (exact) mass is 599 g/mol. The van der Waals surface area contributed by atoms with Crippen LogP contribution >= 0.6 is 11.6 Å². The van der Waals surface area contributed by atoms with Crippen molar-refractivity contribution in [1.82, 2.24) is 10.2 Å². The molecule has 1 atom stereocenters. The first-order valence-electron chi connectivity index (χ1n) is 13.6. The van der Waals surface area contributed by atoms with E-state index in [9.17, 15) is 18.0 Å². The van der Waals surface area contributed by atoms with Crippen molar-refractivity contribution in [3.05, 3.63) is 89.4 Å². The molecule has 41 heavy (non-hydrogen) atoms. The van der Waals surface area contributed by atoms with Gasteiger partial charge in [0.1, 0.15) is 18.3 Å². The van der Waals surface area contributed by atoms with Crippen LogP contribution in [-0.4, -0.2) is 57.9 Å². The number of ether oxygens (including phenoxy) is 1. The summed E-state index contributed by atoms with van der Waals surface area (Å²) in [5, 5.41) is 3.26. The minimum absolute atomic E-state index is 0.0105. The van der Waals surface area contributed by atoms with Gasteiger partial charge in [-0.25, -0.2) is 8.42 Å². The molecule has 0 aromatic heterocycles. The lowest BCUT2D eigenvalue weighted by Gasteiger charge is -2.33. The maximum absolute atomic E-state index is 14.0. The zero-order valence-corrected chi connectivity index (χ0v) is 25.5. The Bertz CT molecular complexity index is 1400. The van der Waals surface area contributed by atoms with Gasteiger partial charge in [0.05, 0.1) is 17.7 Å². The lowest BCUT2D eigenvalue weighted by atomic mass is 10.1. The fourth-order valence-electron chi connectivity index (χ4n) is 4.35. The van der Waals surface area contributed by atoms with Gasteiger partial charge in [-0.2, -0.15) is 0 Å². The second kappa shape index (κ2) is 14.9. The van der Waals surface area contributed by atoms with Crippen LogP contribution < -0.4 is 14.4 Å². The van der Waals surface area contributed by atoms with Gasteiger partial charge in [-0.05, 0) is 66.8 Å². The highest BCUT2D eigenvalue weighted by molar-refractivity contribution is 7.92. The number of methoxy groups -OCH3 is 1. The molecule has 3 aromatic rings. The summed E-state index contributed by atoms with van der Waals surface area (Å²) in [7, 11) is -2.70. The van der Waals surface area contributed by atoms with Crippen LogP contribution in [0.25, 0.3) is 0 Å². The number of rotatable bonds is 14. The van der Waals surface area contributed by atoms with Crippen molar-refractivity contribution in [2.24, 2.45) is 5.92 Å². The molecule has 1 unspecified atom stereocenters. The molecule has 0 bridgehead atoms. The van der Waals surface area contributed by atoms with Crippen molar-refractivity contribution in [1.29, 1.82) is 0 Å². The standard InChI is InChI=1S/C31H38ClN3O5S/c1-5-29(31(37)33-21-23(2)3)34(19-18-24-10-7-6-8-11-24)30(36)22-35(26-13-9-12-25(32)20-26)41(38,39)28-16-14-27(40-4)15-17-28/h6-17,20,23,29H,5,18-19,21-22H2,1-4H3,(H,33,37). The number of benzene rings is 3. The fourth-order valence-corrected chi connectivity index (χ4v) is 5.94. The highest BCUT2D eigenvalue weighted by atomic mass is 35.5. The lowest BCUT2D eigenvalue weighted by Crippen LogP contribution is -2.53. The molecule has 0 aliphatic carbocycles. The molecular weight excluding hydrogens is 562 g/mol. The van der Waals surface area contributed by atoms with Crippen LogP contribution in [-0.2, 0) is 26.0 Å². The van der Waals surface area contributed by atoms with Crippen LogP contribution in [0.3, 0.4) is 0 Å². The van der Waals surface area contributed by atoms with Crippen molar-refractivity contribution >= 4 is 39.1 Å². The van der Waals surface area contributed by atoms with Gasteiger partial charge in [-0.1, -0.05) is 68.8 Å². The Morgan fingerprint density at radius 1 is 0.976 bits per heavy atom. The van der Waals surface area contributed by atoms with Crippen molar-refractivity contribution in [3.63, 3.8) is 0 Å². The second-order valence-electron chi connectivity index (χ2n) is 10.1. The molecule has 0 radical (unpaired) electrons.